The first-order chi connectivity index (χ1) is 17.8. The van der Waals surface area contributed by atoms with Crippen molar-refractivity contribution in [3.63, 3.8) is 0 Å². The quantitative estimate of drug-likeness (QED) is 0.275. The van der Waals surface area contributed by atoms with Gasteiger partial charge in [0.15, 0.2) is 11.6 Å². The van der Waals surface area contributed by atoms with Crippen molar-refractivity contribution in [2.75, 3.05) is 0 Å². The zero-order chi connectivity index (χ0) is 26.3. The molecule has 3 aromatic heterocycles. The van der Waals surface area contributed by atoms with E-state index < -0.39 is 11.6 Å². The van der Waals surface area contributed by atoms with Crippen LogP contribution in [0.1, 0.15) is 28.3 Å². The Bertz CT molecular complexity index is 1650. The predicted molar refractivity (Wildman–Crippen MR) is 143 cm³/mol. The predicted octanol–water partition coefficient (Wildman–Crippen LogP) is 6.61. The molecule has 1 N–H and O–H groups in total. The monoisotopic (exact) mass is 515 g/mol. The number of benzene rings is 2. The maximum Gasteiger partial charge on any atom is 0.262 e. The van der Waals surface area contributed by atoms with Gasteiger partial charge in [0.05, 0.1) is 28.1 Å². The molecule has 188 valence electrons. The molecule has 0 fully saturated rings. The van der Waals surface area contributed by atoms with E-state index in [0.29, 0.717) is 24.2 Å². The van der Waals surface area contributed by atoms with Crippen LogP contribution in [-0.4, -0.2) is 19.8 Å². The summed E-state index contributed by atoms with van der Waals surface area (Å²) >= 11 is 1.49. The number of rotatable bonds is 6. The third kappa shape index (κ3) is 4.49. The summed E-state index contributed by atoms with van der Waals surface area (Å²) in [6, 6.07) is 16.0. The Hall–Kier alpha value is -4.04. The smallest absolute Gasteiger partial charge is 0.262 e. The maximum absolute atomic E-state index is 14.3. The van der Waals surface area contributed by atoms with Crippen LogP contribution in [0.15, 0.2) is 63.9 Å². The number of para-hydroxylation sites is 1. The van der Waals surface area contributed by atoms with Crippen molar-refractivity contribution in [2.24, 2.45) is 0 Å². The summed E-state index contributed by atoms with van der Waals surface area (Å²) in [7, 11) is 0. The van der Waals surface area contributed by atoms with Gasteiger partial charge in [0.25, 0.3) is 5.56 Å². The van der Waals surface area contributed by atoms with Gasteiger partial charge in [0.1, 0.15) is 11.6 Å². The fourth-order valence-electron chi connectivity index (χ4n) is 4.60. The number of nitrogens with zero attached hydrogens (tertiary/aromatic N) is 3. The van der Waals surface area contributed by atoms with Crippen molar-refractivity contribution in [1.29, 1.82) is 0 Å². The SMILES string of the molecule is Cc1cc(-c2c(C)nc(-c3cccc(F)c3O)n(CCc3ccccc3)c2=O)sc1-c1c(C)noc1C. The first-order valence-corrected chi connectivity index (χ1v) is 12.7. The van der Waals surface area contributed by atoms with Crippen molar-refractivity contribution in [3.8, 4) is 38.0 Å². The normalized spacial score (nSPS) is 11.3. The zero-order valence-corrected chi connectivity index (χ0v) is 21.8. The third-order valence-corrected chi connectivity index (χ3v) is 7.74. The Balaban J connectivity index is 1.69. The number of halogens is 1. The maximum atomic E-state index is 14.3. The molecule has 5 rings (SSSR count). The second kappa shape index (κ2) is 9.78. The lowest BCUT2D eigenvalue weighted by Crippen LogP contribution is -2.27. The number of hydrogen-bond acceptors (Lipinski definition) is 6. The van der Waals surface area contributed by atoms with Crippen LogP contribution in [0.4, 0.5) is 4.39 Å². The van der Waals surface area contributed by atoms with Crippen molar-refractivity contribution < 1.29 is 14.0 Å². The largest absolute Gasteiger partial charge is 0.504 e. The molecular weight excluding hydrogens is 489 g/mol. The van der Waals surface area contributed by atoms with Crippen LogP contribution in [-0.2, 0) is 13.0 Å². The zero-order valence-electron chi connectivity index (χ0n) is 21.0. The molecule has 0 saturated heterocycles. The standard InChI is InChI=1S/C29H26FN3O3S/c1-16-15-23(37-27(16)24-18(3)32-36-19(24)4)25-17(2)31-28(21-11-8-12-22(30)26(21)34)33(29(25)35)14-13-20-9-6-5-7-10-20/h5-12,15,34H,13-14H2,1-4H3. The van der Waals surface area contributed by atoms with Crippen molar-refractivity contribution in [3.05, 3.63) is 99.0 Å². The molecule has 3 heterocycles. The Morgan fingerprint density at radius 2 is 1.76 bits per heavy atom. The van der Waals surface area contributed by atoms with E-state index in [0.717, 1.165) is 37.9 Å². The van der Waals surface area contributed by atoms with Gasteiger partial charge in [-0.3, -0.25) is 9.36 Å². The number of thiophene rings is 1. The van der Waals surface area contributed by atoms with Crippen molar-refractivity contribution >= 4 is 11.3 Å². The molecule has 8 heteroatoms. The lowest BCUT2D eigenvalue weighted by atomic mass is 10.1. The molecule has 0 aliphatic heterocycles. The summed E-state index contributed by atoms with van der Waals surface area (Å²) in [5.74, 6) is -0.330. The van der Waals surface area contributed by atoms with Gasteiger partial charge in [0.2, 0.25) is 0 Å². The van der Waals surface area contributed by atoms with Crippen LogP contribution in [0.5, 0.6) is 5.75 Å². The van der Waals surface area contributed by atoms with Crippen LogP contribution in [0.3, 0.4) is 0 Å². The molecular formula is C29H26FN3O3S. The fourth-order valence-corrected chi connectivity index (χ4v) is 6.01. The minimum absolute atomic E-state index is 0.179. The molecule has 0 aliphatic carbocycles. The second-order valence-electron chi connectivity index (χ2n) is 9.05. The minimum atomic E-state index is -0.763. The molecule has 0 unspecified atom stereocenters. The first-order valence-electron chi connectivity index (χ1n) is 11.9. The molecule has 6 nitrogen and oxygen atoms in total. The average molecular weight is 516 g/mol. The Morgan fingerprint density at radius 3 is 2.46 bits per heavy atom. The summed E-state index contributed by atoms with van der Waals surface area (Å²) in [5, 5.41) is 14.6. The fraction of sp³-hybridized carbons (Fsp3) is 0.207. The number of phenolic OH excluding ortho intramolecular Hbond substituents is 1. The van der Waals surface area contributed by atoms with Gasteiger partial charge in [-0.2, -0.15) is 0 Å². The van der Waals surface area contributed by atoms with E-state index in [1.54, 1.807) is 13.0 Å². The molecule has 0 radical (unpaired) electrons. The summed E-state index contributed by atoms with van der Waals surface area (Å²) in [6.45, 7) is 7.85. The third-order valence-electron chi connectivity index (χ3n) is 6.47. The summed E-state index contributed by atoms with van der Waals surface area (Å²) in [4.78, 5) is 20.6. The highest BCUT2D eigenvalue weighted by atomic mass is 32.1. The summed E-state index contributed by atoms with van der Waals surface area (Å²) in [6.07, 6.45) is 0.571. The highest BCUT2D eigenvalue weighted by Crippen LogP contribution is 2.41. The van der Waals surface area contributed by atoms with Crippen molar-refractivity contribution in [1.82, 2.24) is 14.7 Å². The number of phenols is 1. The molecule has 0 spiro atoms. The molecule has 5 aromatic rings. The van der Waals surface area contributed by atoms with E-state index in [9.17, 15) is 14.3 Å². The van der Waals surface area contributed by atoms with Gasteiger partial charge in [-0.05, 0) is 63.4 Å². The molecule has 2 aromatic carbocycles. The number of aryl methyl sites for hydroxylation is 5. The lowest BCUT2D eigenvalue weighted by Gasteiger charge is -2.16. The lowest BCUT2D eigenvalue weighted by molar-refractivity contribution is 0.393. The second-order valence-corrected chi connectivity index (χ2v) is 10.1. The molecule has 0 aliphatic rings. The first kappa shape index (κ1) is 24.6. The van der Waals surface area contributed by atoms with E-state index >= 15 is 0 Å². The highest BCUT2D eigenvalue weighted by molar-refractivity contribution is 7.19. The topological polar surface area (TPSA) is 81.2 Å². The van der Waals surface area contributed by atoms with Gasteiger partial charge < -0.3 is 9.63 Å². The van der Waals surface area contributed by atoms with E-state index in [-0.39, 0.29) is 16.9 Å². The summed E-state index contributed by atoms with van der Waals surface area (Å²) in [5.41, 5.74) is 4.72. The van der Waals surface area contributed by atoms with Gasteiger partial charge in [-0.1, -0.05) is 41.6 Å². The molecule has 0 saturated carbocycles. The van der Waals surface area contributed by atoms with Gasteiger partial charge in [0, 0.05) is 16.3 Å². The van der Waals surface area contributed by atoms with Crippen LogP contribution >= 0.6 is 11.3 Å². The van der Waals surface area contributed by atoms with Crippen LogP contribution in [0, 0.1) is 33.5 Å². The van der Waals surface area contributed by atoms with Gasteiger partial charge in [-0.25, -0.2) is 9.37 Å². The van der Waals surface area contributed by atoms with E-state index in [2.05, 4.69) is 5.16 Å². The Labute approximate surface area is 217 Å². The van der Waals surface area contributed by atoms with E-state index in [4.69, 9.17) is 9.51 Å². The van der Waals surface area contributed by atoms with E-state index in [1.165, 1.54) is 28.0 Å². The Kier molecular flexibility index (Phi) is 6.52. The average Bonchev–Trinajstić information content (AvgIpc) is 3.40. The minimum Gasteiger partial charge on any atom is -0.504 e. The van der Waals surface area contributed by atoms with Crippen LogP contribution < -0.4 is 5.56 Å². The number of aromatic nitrogens is 3. The molecule has 37 heavy (non-hydrogen) atoms. The van der Waals surface area contributed by atoms with E-state index in [1.807, 2.05) is 57.2 Å². The van der Waals surface area contributed by atoms with Crippen LogP contribution in [0.25, 0.3) is 32.3 Å². The summed E-state index contributed by atoms with van der Waals surface area (Å²) < 4.78 is 21.2. The molecule has 0 bridgehead atoms. The van der Waals surface area contributed by atoms with Gasteiger partial charge in [-0.15, -0.1) is 11.3 Å². The molecule has 0 amide bonds. The Morgan fingerprint density at radius 1 is 1.00 bits per heavy atom. The van der Waals surface area contributed by atoms with Gasteiger partial charge >= 0.3 is 0 Å². The number of aromatic hydroxyl groups is 1. The van der Waals surface area contributed by atoms with Crippen LogP contribution in [0.2, 0.25) is 0 Å². The molecule has 0 atom stereocenters. The number of hydrogen-bond donors (Lipinski definition) is 1. The highest BCUT2D eigenvalue weighted by Gasteiger charge is 2.23. The van der Waals surface area contributed by atoms with Crippen molar-refractivity contribution in [2.45, 2.75) is 40.7 Å².